The number of thiophene rings is 1. The maximum Gasteiger partial charge on any atom is 0.265 e. The SMILES string of the molecule is CN(Cc1ccccc1N1CCCC1)C(=O)c1sc2ccccc2c1Cl. The molecular formula is C21H21ClN2OS. The molecule has 0 saturated carbocycles. The van der Waals surface area contributed by atoms with Gasteiger partial charge in [0.25, 0.3) is 5.91 Å². The number of nitrogens with zero attached hydrogens (tertiary/aromatic N) is 2. The Labute approximate surface area is 162 Å². The van der Waals surface area contributed by atoms with Gasteiger partial charge in [-0.15, -0.1) is 11.3 Å². The molecule has 1 amide bonds. The van der Waals surface area contributed by atoms with E-state index in [1.165, 1.54) is 35.4 Å². The van der Waals surface area contributed by atoms with Crippen LogP contribution in [0.4, 0.5) is 5.69 Å². The average Bonchev–Trinajstić information content (AvgIpc) is 3.30. The van der Waals surface area contributed by atoms with Crippen molar-refractivity contribution in [2.45, 2.75) is 19.4 Å². The van der Waals surface area contributed by atoms with E-state index in [0.29, 0.717) is 16.4 Å². The molecular weight excluding hydrogens is 364 g/mol. The van der Waals surface area contributed by atoms with Crippen molar-refractivity contribution in [3.05, 3.63) is 64.0 Å². The number of hydrogen-bond donors (Lipinski definition) is 0. The minimum atomic E-state index is -0.0209. The van der Waals surface area contributed by atoms with Crippen LogP contribution < -0.4 is 4.90 Å². The Balaban J connectivity index is 1.59. The largest absolute Gasteiger partial charge is 0.371 e. The van der Waals surface area contributed by atoms with Crippen LogP contribution in [0.25, 0.3) is 10.1 Å². The standard InChI is InChI=1S/C21H21ClN2OS/c1-23(14-15-8-2-4-10-17(15)24-12-6-7-13-24)21(25)20-19(22)16-9-3-5-11-18(16)26-20/h2-5,8-11H,6-7,12-14H2,1H3. The molecule has 26 heavy (non-hydrogen) atoms. The monoisotopic (exact) mass is 384 g/mol. The molecule has 5 heteroatoms. The minimum Gasteiger partial charge on any atom is -0.371 e. The van der Waals surface area contributed by atoms with Crippen molar-refractivity contribution in [3.63, 3.8) is 0 Å². The topological polar surface area (TPSA) is 23.6 Å². The first kappa shape index (κ1) is 17.4. The van der Waals surface area contributed by atoms with Crippen molar-refractivity contribution in [2.24, 2.45) is 0 Å². The number of rotatable bonds is 4. The van der Waals surface area contributed by atoms with Gasteiger partial charge in [0.2, 0.25) is 0 Å². The van der Waals surface area contributed by atoms with Gasteiger partial charge in [-0.25, -0.2) is 0 Å². The maximum absolute atomic E-state index is 13.0. The third-order valence-electron chi connectivity index (χ3n) is 4.92. The van der Waals surface area contributed by atoms with Crippen LogP contribution >= 0.6 is 22.9 Å². The molecule has 1 aliphatic rings. The lowest BCUT2D eigenvalue weighted by Gasteiger charge is -2.24. The molecule has 0 atom stereocenters. The minimum absolute atomic E-state index is 0.0209. The zero-order valence-electron chi connectivity index (χ0n) is 14.7. The fourth-order valence-electron chi connectivity index (χ4n) is 3.56. The van der Waals surface area contributed by atoms with Gasteiger partial charge in [-0.3, -0.25) is 4.79 Å². The molecule has 3 nitrogen and oxygen atoms in total. The van der Waals surface area contributed by atoms with Gasteiger partial charge in [0.15, 0.2) is 0 Å². The Bertz CT molecular complexity index is 946. The van der Waals surface area contributed by atoms with Gasteiger partial charge >= 0.3 is 0 Å². The van der Waals surface area contributed by atoms with Crippen molar-refractivity contribution >= 4 is 44.6 Å². The lowest BCUT2D eigenvalue weighted by atomic mass is 10.1. The van der Waals surface area contributed by atoms with Gasteiger partial charge in [-0.05, 0) is 30.5 Å². The van der Waals surface area contributed by atoms with Crippen LogP contribution in [0.15, 0.2) is 48.5 Å². The van der Waals surface area contributed by atoms with Gasteiger partial charge in [-0.2, -0.15) is 0 Å². The summed E-state index contributed by atoms with van der Waals surface area (Å²) in [5.74, 6) is -0.0209. The number of carbonyl (C=O) groups excluding carboxylic acids is 1. The summed E-state index contributed by atoms with van der Waals surface area (Å²) in [5.41, 5.74) is 2.43. The van der Waals surface area contributed by atoms with Crippen LogP contribution in [-0.2, 0) is 6.54 Å². The summed E-state index contributed by atoms with van der Waals surface area (Å²) in [4.78, 5) is 17.8. The van der Waals surface area contributed by atoms with Crippen molar-refractivity contribution in [1.82, 2.24) is 4.90 Å². The van der Waals surface area contributed by atoms with Crippen LogP contribution in [-0.4, -0.2) is 30.9 Å². The van der Waals surface area contributed by atoms with Crippen molar-refractivity contribution < 1.29 is 4.79 Å². The molecule has 1 aromatic heterocycles. The lowest BCUT2D eigenvalue weighted by molar-refractivity contribution is 0.0790. The van der Waals surface area contributed by atoms with Crippen LogP contribution in [0.1, 0.15) is 28.1 Å². The summed E-state index contributed by atoms with van der Waals surface area (Å²) in [5, 5.41) is 1.52. The van der Waals surface area contributed by atoms with Crippen LogP contribution in [0.3, 0.4) is 0 Å². The summed E-state index contributed by atoms with van der Waals surface area (Å²) in [6.07, 6.45) is 2.47. The van der Waals surface area contributed by atoms with E-state index in [0.717, 1.165) is 23.2 Å². The summed E-state index contributed by atoms with van der Waals surface area (Å²) >= 11 is 7.96. The van der Waals surface area contributed by atoms with E-state index >= 15 is 0 Å². The Morgan fingerprint density at radius 2 is 1.81 bits per heavy atom. The highest BCUT2D eigenvalue weighted by molar-refractivity contribution is 7.21. The molecule has 1 aliphatic heterocycles. The van der Waals surface area contributed by atoms with Crippen LogP contribution in [0.2, 0.25) is 5.02 Å². The second-order valence-corrected chi connectivity index (χ2v) is 8.16. The summed E-state index contributed by atoms with van der Waals surface area (Å²) in [6, 6.07) is 16.3. The van der Waals surface area contributed by atoms with E-state index in [2.05, 4.69) is 23.1 Å². The van der Waals surface area contributed by atoms with E-state index in [4.69, 9.17) is 11.6 Å². The van der Waals surface area contributed by atoms with E-state index in [9.17, 15) is 4.79 Å². The smallest absolute Gasteiger partial charge is 0.265 e. The van der Waals surface area contributed by atoms with Gasteiger partial charge in [0.05, 0.1) is 5.02 Å². The lowest BCUT2D eigenvalue weighted by Crippen LogP contribution is -2.27. The summed E-state index contributed by atoms with van der Waals surface area (Å²) in [6.45, 7) is 2.77. The number of amides is 1. The number of anilines is 1. The molecule has 0 aliphatic carbocycles. The summed E-state index contributed by atoms with van der Waals surface area (Å²) in [7, 11) is 1.85. The first-order valence-electron chi connectivity index (χ1n) is 8.90. The van der Waals surface area contributed by atoms with E-state index < -0.39 is 0 Å². The molecule has 3 aromatic rings. The fraction of sp³-hybridized carbons (Fsp3) is 0.286. The Morgan fingerprint density at radius 3 is 2.58 bits per heavy atom. The second kappa shape index (κ2) is 7.29. The molecule has 0 radical (unpaired) electrons. The number of para-hydroxylation sites is 1. The van der Waals surface area contributed by atoms with E-state index in [1.807, 2.05) is 37.4 Å². The van der Waals surface area contributed by atoms with Gasteiger partial charge in [-0.1, -0.05) is 48.0 Å². The Kier molecular flexibility index (Phi) is 4.88. The maximum atomic E-state index is 13.0. The molecule has 1 fully saturated rings. The van der Waals surface area contributed by atoms with Gasteiger partial charge in [0.1, 0.15) is 4.88 Å². The van der Waals surface area contributed by atoms with E-state index in [1.54, 1.807) is 4.90 Å². The molecule has 134 valence electrons. The molecule has 4 rings (SSSR count). The highest BCUT2D eigenvalue weighted by Gasteiger charge is 2.22. The second-order valence-electron chi connectivity index (χ2n) is 6.73. The zero-order valence-corrected chi connectivity index (χ0v) is 16.3. The highest BCUT2D eigenvalue weighted by Crippen LogP contribution is 2.36. The number of fused-ring (bicyclic) bond motifs is 1. The molecule has 1 saturated heterocycles. The molecule has 0 N–H and O–H groups in total. The molecule has 2 heterocycles. The number of benzene rings is 2. The first-order valence-corrected chi connectivity index (χ1v) is 10.1. The highest BCUT2D eigenvalue weighted by atomic mass is 35.5. The normalized spacial score (nSPS) is 14.2. The fourth-order valence-corrected chi connectivity index (χ4v) is 5.07. The van der Waals surface area contributed by atoms with Crippen LogP contribution in [0, 0.1) is 0 Å². The predicted octanol–water partition coefficient (Wildman–Crippen LogP) is 5.43. The molecule has 0 spiro atoms. The summed E-state index contributed by atoms with van der Waals surface area (Å²) < 4.78 is 1.05. The average molecular weight is 385 g/mol. The van der Waals surface area contributed by atoms with Gasteiger partial charge < -0.3 is 9.80 Å². The third-order valence-corrected chi connectivity index (χ3v) is 6.59. The quantitative estimate of drug-likeness (QED) is 0.599. The predicted molar refractivity (Wildman–Crippen MR) is 111 cm³/mol. The van der Waals surface area contributed by atoms with Crippen LogP contribution in [0.5, 0.6) is 0 Å². The first-order chi connectivity index (χ1) is 12.6. The van der Waals surface area contributed by atoms with Crippen molar-refractivity contribution in [1.29, 1.82) is 0 Å². The Hall–Kier alpha value is -2.04. The third kappa shape index (κ3) is 3.19. The van der Waals surface area contributed by atoms with Gasteiger partial charge in [0, 0.05) is 42.5 Å². The van der Waals surface area contributed by atoms with Crippen molar-refractivity contribution in [2.75, 3.05) is 25.0 Å². The number of halogens is 1. The van der Waals surface area contributed by atoms with Crippen molar-refractivity contribution in [3.8, 4) is 0 Å². The Morgan fingerprint density at radius 1 is 1.12 bits per heavy atom. The molecule has 2 aromatic carbocycles. The number of hydrogen-bond acceptors (Lipinski definition) is 3. The number of carbonyl (C=O) groups is 1. The van der Waals surface area contributed by atoms with E-state index in [-0.39, 0.29) is 5.91 Å². The zero-order chi connectivity index (χ0) is 18.1. The molecule has 0 bridgehead atoms. The molecule has 0 unspecified atom stereocenters.